The normalized spacial score (nSPS) is 24.8. The van der Waals surface area contributed by atoms with Crippen LogP contribution in [0.2, 0.25) is 0 Å². The number of ether oxygens (including phenoxy) is 1. The first-order valence-corrected chi connectivity index (χ1v) is 14.1. The van der Waals surface area contributed by atoms with Crippen LogP contribution in [0.25, 0.3) is 11.4 Å². The fourth-order valence-corrected chi connectivity index (χ4v) is 6.31. The molecule has 0 bridgehead atoms. The summed E-state index contributed by atoms with van der Waals surface area (Å²) in [5.74, 6) is 1.51. The van der Waals surface area contributed by atoms with Gasteiger partial charge in [0.2, 0.25) is 23.5 Å². The zero-order valence-corrected chi connectivity index (χ0v) is 22.3. The second kappa shape index (κ2) is 10.8. The number of hydrogen-bond donors (Lipinski definition) is 1. The highest BCUT2D eigenvalue weighted by molar-refractivity contribution is 5.92. The van der Waals surface area contributed by atoms with Crippen LogP contribution in [0.5, 0.6) is 5.75 Å². The maximum atomic E-state index is 14.4. The molecule has 0 spiro atoms. The van der Waals surface area contributed by atoms with Gasteiger partial charge in [0.15, 0.2) is 0 Å². The maximum absolute atomic E-state index is 14.4. The van der Waals surface area contributed by atoms with Gasteiger partial charge in [-0.15, -0.1) is 0 Å². The molecule has 3 heterocycles. The van der Waals surface area contributed by atoms with Gasteiger partial charge in [-0.25, -0.2) is 0 Å². The fraction of sp³-hybridized carbons (Fsp3) is 0.500. The number of fused-ring (bicyclic) bond motifs is 1. The van der Waals surface area contributed by atoms with E-state index in [-0.39, 0.29) is 29.7 Å². The van der Waals surface area contributed by atoms with Crippen molar-refractivity contribution >= 4 is 11.8 Å². The minimum atomic E-state index is -0.524. The highest BCUT2D eigenvalue weighted by Gasteiger charge is 2.56. The lowest BCUT2D eigenvalue weighted by Gasteiger charge is -2.35. The molecule has 1 N–H and O–H groups in total. The number of hydrogen-bond acceptors (Lipinski definition) is 7. The molecule has 3 aliphatic rings. The SMILES string of the molecule is COc1ccc(C2(C(=O)N3CCCCCCNC(=O)C4CC(c5nc(-c6cccnc6)no5)CC43)CC2)cc1. The first kappa shape index (κ1) is 25.5. The van der Waals surface area contributed by atoms with E-state index in [0.717, 1.165) is 55.4 Å². The van der Waals surface area contributed by atoms with E-state index in [0.29, 0.717) is 37.6 Å². The van der Waals surface area contributed by atoms with Crippen LogP contribution in [0.1, 0.15) is 68.7 Å². The smallest absolute Gasteiger partial charge is 0.233 e. The Morgan fingerprint density at radius 2 is 1.92 bits per heavy atom. The summed E-state index contributed by atoms with van der Waals surface area (Å²) < 4.78 is 11.0. The summed E-state index contributed by atoms with van der Waals surface area (Å²) >= 11 is 0. The number of nitrogens with one attached hydrogen (secondary N) is 1. The highest BCUT2D eigenvalue weighted by atomic mass is 16.5. The largest absolute Gasteiger partial charge is 0.497 e. The van der Waals surface area contributed by atoms with Gasteiger partial charge < -0.3 is 19.5 Å². The van der Waals surface area contributed by atoms with E-state index in [1.54, 1.807) is 19.5 Å². The topological polar surface area (TPSA) is 110 Å². The van der Waals surface area contributed by atoms with Crippen molar-refractivity contribution < 1.29 is 18.8 Å². The number of aromatic nitrogens is 3. The van der Waals surface area contributed by atoms with Crippen molar-refractivity contribution in [2.75, 3.05) is 20.2 Å². The van der Waals surface area contributed by atoms with E-state index in [2.05, 4.69) is 20.4 Å². The van der Waals surface area contributed by atoms with Crippen molar-refractivity contribution in [1.29, 1.82) is 0 Å². The summed E-state index contributed by atoms with van der Waals surface area (Å²) in [6.45, 7) is 1.32. The molecule has 1 aromatic carbocycles. The number of pyridine rings is 1. The van der Waals surface area contributed by atoms with Crippen molar-refractivity contribution in [2.24, 2.45) is 5.92 Å². The Morgan fingerprint density at radius 3 is 2.67 bits per heavy atom. The zero-order chi connectivity index (χ0) is 26.8. The van der Waals surface area contributed by atoms with Crippen LogP contribution in [-0.4, -0.2) is 58.1 Å². The molecule has 3 atom stereocenters. The van der Waals surface area contributed by atoms with Gasteiger partial charge in [0.1, 0.15) is 5.75 Å². The van der Waals surface area contributed by atoms with Crippen LogP contribution in [0, 0.1) is 5.92 Å². The van der Waals surface area contributed by atoms with Crippen LogP contribution in [0.15, 0.2) is 53.3 Å². The van der Waals surface area contributed by atoms with E-state index >= 15 is 0 Å². The third-order valence-corrected chi connectivity index (χ3v) is 8.66. The second-order valence-corrected chi connectivity index (χ2v) is 11.1. The van der Waals surface area contributed by atoms with E-state index in [9.17, 15) is 9.59 Å². The molecule has 2 aromatic heterocycles. The number of benzene rings is 1. The number of amides is 2. The molecule has 1 saturated heterocycles. The Labute approximate surface area is 228 Å². The molecule has 2 saturated carbocycles. The maximum Gasteiger partial charge on any atom is 0.233 e. The number of rotatable bonds is 5. The fourth-order valence-electron chi connectivity index (χ4n) is 6.31. The summed E-state index contributed by atoms with van der Waals surface area (Å²) in [7, 11) is 1.65. The average Bonchev–Trinajstić information content (AvgIpc) is 3.43. The molecule has 2 amide bonds. The van der Waals surface area contributed by atoms with Crippen molar-refractivity contribution in [3.63, 3.8) is 0 Å². The highest BCUT2D eigenvalue weighted by Crippen LogP contribution is 2.52. The standard InChI is InChI=1S/C30H35N5O4/c1-38-23-10-8-22(9-11-23)30(12-13-30)29(37)35-16-5-3-2-4-15-32-27(36)24-17-21(18-25(24)35)28-33-26(34-39-28)20-7-6-14-31-19-20/h6-11,14,19,21,24-25H,2-5,12-13,15-18H2,1H3,(H,32,36). The van der Waals surface area contributed by atoms with Crippen LogP contribution in [0.3, 0.4) is 0 Å². The van der Waals surface area contributed by atoms with Gasteiger partial charge in [-0.05, 0) is 68.4 Å². The van der Waals surface area contributed by atoms with Gasteiger partial charge >= 0.3 is 0 Å². The Kier molecular flexibility index (Phi) is 7.06. The lowest BCUT2D eigenvalue weighted by Crippen LogP contribution is -2.50. The van der Waals surface area contributed by atoms with Crippen molar-refractivity contribution in [3.8, 4) is 17.1 Å². The molecule has 9 heteroatoms. The van der Waals surface area contributed by atoms with Crippen LogP contribution < -0.4 is 10.1 Å². The van der Waals surface area contributed by atoms with Crippen LogP contribution >= 0.6 is 0 Å². The van der Waals surface area contributed by atoms with Crippen molar-refractivity contribution in [2.45, 2.75) is 68.7 Å². The molecular weight excluding hydrogens is 494 g/mol. The first-order valence-electron chi connectivity index (χ1n) is 14.1. The van der Waals surface area contributed by atoms with Gasteiger partial charge in [0.05, 0.1) is 18.4 Å². The quantitative estimate of drug-likeness (QED) is 0.526. The van der Waals surface area contributed by atoms with Crippen LogP contribution in [-0.2, 0) is 15.0 Å². The lowest BCUT2D eigenvalue weighted by molar-refractivity contribution is -0.139. The van der Waals surface area contributed by atoms with E-state index < -0.39 is 5.41 Å². The molecule has 3 unspecified atom stereocenters. The Bertz CT molecular complexity index is 1300. The van der Waals surface area contributed by atoms with E-state index in [1.165, 1.54) is 0 Å². The van der Waals surface area contributed by atoms with Gasteiger partial charge in [-0.3, -0.25) is 14.6 Å². The van der Waals surface area contributed by atoms with Crippen molar-refractivity contribution in [1.82, 2.24) is 25.3 Å². The minimum absolute atomic E-state index is 0.0171. The summed E-state index contributed by atoms with van der Waals surface area (Å²) in [6, 6.07) is 11.4. The molecule has 6 rings (SSSR count). The molecule has 9 nitrogen and oxygen atoms in total. The lowest BCUT2D eigenvalue weighted by atomic mass is 9.91. The molecule has 0 radical (unpaired) electrons. The predicted octanol–water partition coefficient (Wildman–Crippen LogP) is 4.25. The number of nitrogens with zero attached hydrogens (tertiary/aromatic N) is 4. The Morgan fingerprint density at radius 1 is 1.10 bits per heavy atom. The molecule has 1 aliphatic heterocycles. The zero-order valence-electron chi connectivity index (χ0n) is 22.3. The Balaban J connectivity index is 1.30. The Hall–Kier alpha value is -3.75. The molecule has 3 aromatic rings. The third kappa shape index (κ3) is 5.02. The van der Waals surface area contributed by atoms with Gasteiger partial charge in [0, 0.05) is 43.0 Å². The summed E-state index contributed by atoms with van der Waals surface area (Å²) in [5.41, 5.74) is 1.28. The van der Waals surface area contributed by atoms with Gasteiger partial charge in [-0.1, -0.05) is 30.1 Å². The van der Waals surface area contributed by atoms with Gasteiger partial charge in [0.25, 0.3) is 0 Å². The van der Waals surface area contributed by atoms with Crippen LogP contribution in [0.4, 0.5) is 0 Å². The average molecular weight is 530 g/mol. The monoisotopic (exact) mass is 529 g/mol. The van der Waals surface area contributed by atoms with E-state index in [4.69, 9.17) is 9.26 Å². The van der Waals surface area contributed by atoms with Crippen molar-refractivity contribution in [3.05, 3.63) is 60.2 Å². The predicted molar refractivity (Wildman–Crippen MR) is 144 cm³/mol. The number of carbonyl (C=O) groups excluding carboxylic acids is 2. The molecule has 2 aliphatic carbocycles. The number of methoxy groups -OCH3 is 1. The van der Waals surface area contributed by atoms with Gasteiger partial charge in [-0.2, -0.15) is 4.98 Å². The summed E-state index contributed by atoms with van der Waals surface area (Å²) in [5, 5.41) is 7.33. The molecule has 204 valence electrons. The first-order chi connectivity index (χ1) is 19.1. The summed E-state index contributed by atoms with van der Waals surface area (Å²) in [6.07, 6.45) is 10.2. The molecule has 39 heavy (non-hydrogen) atoms. The summed E-state index contributed by atoms with van der Waals surface area (Å²) in [4.78, 5) is 38.7. The second-order valence-electron chi connectivity index (χ2n) is 11.1. The number of carbonyl (C=O) groups is 2. The molecule has 3 fully saturated rings. The molecular formula is C30H35N5O4. The van der Waals surface area contributed by atoms with E-state index in [1.807, 2.05) is 41.3 Å². The minimum Gasteiger partial charge on any atom is -0.497 e. The third-order valence-electron chi connectivity index (χ3n) is 8.66.